The smallest absolute Gasteiger partial charge is 0.246 e. The molecule has 3 aromatic rings. The van der Waals surface area contributed by atoms with E-state index in [1.54, 1.807) is 0 Å². The maximum Gasteiger partial charge on any atom is 0.246 e. The van der Waals surface area contributed by atoms with Gasteiger partial charge in [-0.15, -0.1) is 0 Å². The van der Waals surface area contributed by atoms with Gasteiger partial charge in [0.2, 0.25) is 5.91 Å². The van der Waals surface area contributed by atoms with E-state index in [0.29, 0.717) is 0 Å². The van der Waals surface area contributed by atoms with Gasteiger partial charge in [0.15, 0.2) is 0 Å². The number of benzene rings is 3. The molecule has 0 aliphatic rings. The van der Waals surface area contributed by atoms with E-state index in [4.69, 9.17) is 0 Å². The van der Waals surface area contributed by atoms with Gasteiger partial charge in [0, 0.05) is 16.8 Å². The Bertz CT molecular complexity index is 835. The van der Waals surface area contributed by atoms with Crippen molar-refractivity contribution in [2.45, 2.75) is 26.3 Å². The molecule has 1 amide bonds. The number of carbonyl (C=O) groups is 1. The molecule has 3 heteroatoms. The lowest BCUT2D eigenvalue weighted by Gasteiger charge is -2.16. The highest BCUT2D eigenvalue weighted by Crippen LogP contribution is 2.23. The van der Waals surface area contributed by atoms with Gasteiger partial charge >= 0.3 is 0 Å². The van der Waals surface area contributed by atoms with Gasteiger partial charge in [-0.05, 0) is 42.5 Å². The first-order chi connectivity index (χ1) is 11.7. The fourth-order valence-corrected chi connectivity index (χ4v) is 2.73. The number of rotatable bonds is 5. The fraction of sp³-hybridized carbons (Fsp3) is 0.190. The summed E-state index contributed by atoms with van der Waals surface area (Å²) in [5, 5.41) is 8.44. The highest BCUT2D eigenvalue weighted by atomic mass is 16.2. The number of nitrogens with one attached hydrogen (secondary N) is 2. The normalized spacial score (nSPS) is 11.9. The topological polar surface area (TPSA) is 41.1 Å². The molecule has 0 saturated carbocycles. The standard InChI is InChI=1S/C21H22N2O/c1-3-16-11-13-18(14-12-16)22-15(2)21(24)23-20-10-6-8-17-7-4-5-9-19(17)20/h4-15,22H,3H2,1-2H3,(H,23,24). The average molecular weight is 318 g/mol. The first kappa shape index (κ1) is 16.1. The minimum atomic E-state index is -0.323. The maximum atomic E-state index is 12.5. The molecule has 0 aliphatic heterocycles. The molecule has 1 atom stereocenters. The van der Waals surface area contributed by atoms with E-state index in [2.05, 4.69) is 29.7 Å². The quantitative estimate of drug-likeness (QED) is 0.706. The summed E-state index contributed by atoms with van der Waals surface area (Å²) in [7, 11) is 0. The highest BCUT2D eigenvalue weighted by molar-refractivity contribution is 6.04. The predicted molar refractivity (Wildman–Crippen MR) is 101 cm³/mol. The summed E-state index contributed by atoms with van der Waals surface area (Å²) in [6.45, 7) is 4.00. The van der Waals surface area contributed by atoms with Crippen molar-refractivity contribution in [2.75, 3.05) is 10.6 Å². The van der Waals surface area contributed by atoms with E-state index in [1.807, 2.05) is 61.5 Å². The Balaban J connectivity index is 1.71. The SMILES string of the molecule is CCc1ccc(NC(C)C(=O)Nc2cccc3ccccc23)cc1. The minimum Gasteiger partial charge on any atom is -0.374 e. The summed E-state index contributed by atoms with van der Waals surface area (Å²) in [5.74, 6) is -0.0501. The monoisotopic (exact) mass is 318 g/mol. The van der Waals surface area contributed by atoms with Gasteiger partial charge in [-0.25, -0.2) is 0 Å². The number of hydrogen-bond donors (Lipinski definition) is 2. The van der Waals surface area contributed by atoms with E-state index in [9.17, 15) is 4.79 Å². The number of hydrogen-bond acceptors (Lipinski definition) is 2. The lowest BCUT2D eigenvalue weighted by Crippen LogP contribution is -2.31. The minimum absolute atomic E-state index is 0.0501. The Labute approximate surface area is 142 Å². The van der Waals surface area contributed by atoms with Crippen LogP contribution in [0.5, 0.6) is 0 Å². The molecule has 3 aromatic carbocycles. The average Bonchev–Trinajstić information content (AvgIpc) is 2.62. The molecule has 0 aliphatic carbocycles. The van der Waals surface area contributed by atoms with Crippen LogP contribution >= 0.6 is 0 Å². The molecule has 3 rings (SSSR count). The third-order valence-electron chi connectivity index (χ3n) is 4.19. The van der Waals surface area contributed by atoms with Crippen molar-refractivity contribution in [3.05, 3.63) is 72.3 Å². The Morgan fingerprint density at radius 1 is 0.958 bits per heavy atom. The first-order valence-electron chi connectivity index (χ1n) is 8.31. The lowest BCUT2D eigenvalue weighted by molar-refractivity contribution is -0.116. The Morgan fingerprint density at radius 3 is 2.42 bits per heavy atom. The predicted octanol–water partition coefficient (Wildman–Crippen LogP) is 4.84. The lowest BCUT2D eigenvalue weighted by atomic mass is 10.1. The highest BCUT2D eigenvalue weighted by Gasteiger charge is 2.13. The van der Waals surface area contributed by atoms with E-state index in [0.717, 1.165) is 28.6 Å². The molecule has 0 radical (unpaired) electrons. The van der Waals surface area contributed by atoms with Gasteiger partial charge in [-0.3, -0.25) is 4.79 Å². The first-order valence-corrected chi connectivity index (χ1v) is 8.31. The molecular formula is C21H22N2O. The van der Waals surface area contributed by atoms with Crippen LogP contribution in [0.4, 0.5) is 11.4 Å². The van der Waals surface area contributed by atoms with Crippen LogP contribution in [0.3, 0.4) is 0 Å². The van der Waals surface area contributed by atoms with Crippen molar-refractivity contribution >= 4 is 28.1 Å². The van der Waals surface area contributed by atoms with Gasteiger partial charge in [0.25, 0.3) is 0 Å². The van der Waals surface area contributed by atoms with E-state index in [-0.39, 0.29) is 11.9 Å². The summed E-state index contributed by atoms with van der Waals surface area (Å²) in [6.07, 6.45) is 1.01. The van der Waals surface area contributed by atoms with E-state index >= 15 is 0 Å². The van der Waals surface area contributed by atoms with Gasteiger partial charge in [-0.1, -0.05) is 55.5 Å². The number of fused-ring (bicyclic) bond motifs is 1. The van der Waals surface area contributed by atoms with Gasteiger partial charge in [0.1, 0.15) is 6.04 Å². The number of aryl methyl sites for hydroxylation is 1. The second-order valence-electron chi connectivity index (χ2n) is 5.93. The van der Waals surface area contributed by atoms with Crippen molar-refractivity contribution in [3.63, 3.8) is 0 Å². The zero-order valence-electron chi connectivity index (χ0n) is 14.0. The van der Waals surface area contributed by atoms with Crippen molar-refractivity contribution in [2.24, 2.45) is 0 Å². The van der Waals surface area contributed by atoms with Crippen LogP contribution in [0.25, 0.3) is 10.8 Å². The molecule has 122 valence electrons. The largest absolute Gasteiger partial charge is 0.374 e. The van der Waals surface area contributed by atoms with Crippen LogP contribution in [0.2, 0.25) is 0 Å². The maximum absolute atomic E-state index is 12.5. The molecule has 2 N–H and O–H groups in total. The Hall–Kier alpha value is -2.81. The number of carbonyl (C=O) groups excluding carboxylic acids is 1. The molecule has 0 heterocycles. The van der Waals surface area contributed by atoms with Gasteiger partial charge in [0.05, 0.1) is 0 Å². The molecular weight excluding hydrogens is 296 g/mol. The summed E-state index contributed by atoms with van der Waals surface area (Å²) in [6, 6.07) is 21.8. The fourth-order valence-electron chi connectivity index (χ4n) is 2.73. The summed E-state index contributed by atoms with van der Waals surface area (Å²) < 4.78 is 0. The number of amides is 1. The van der Waals surface area contributed by atoms with Crippen LogP contribution in [0.15, 0.2) is 66.7 Å². The summed E-state index contributed by atoms with van der Waals surface area (Å²) in [5.41, 5.74) is 3.08. The molecule has 0 saturated heterocycles. The second kappa shape index (κ2) is 7.18. The Morgan fingerprint density at radius 2 is 1.67 bits per heavy atom. The second-order valence-corrected chi connectivity index (χ2v) is 5.93. The summed E-state index contributed by atoms with van der Waals surface area (Å²) in [4.78, 5) is 12.5. The van der Waals surface area contributed by atoms with Gasteiger partial charge in [-0.2, -0.15) is 0 Å². The zero-order valence-corrected chi connectivity index (χ0v) is 14.0. The van der Waals surface area contributed by atoms with Crippen LogP contribution in [0.1, 0.15) is 19.4 Å². The van der Waals surface area contributed by atoms with Crippen molar-refractivity contribution < 1.29 is 4.79 Å². The summed E-state index contributed by atoms with van der Waals surface area (Å²) >= 11 is 0. The van der Waals surface area contributed by atoms with Crippen LogP contribution in [0, 0.1) is 0 Å². The molecule has 0 spiro atoms. The van der Waals surface area contributed by atoms with Crippen LogP contribution < -0.4 is 10.6 Å². The van der Waals surface area contributed by atoms with Crippen LogP contribution in [-0.4, -0.2) is 11.9 Å². The Kier molecular flexibility index (Phi) is 4.80. The van der Waals surface area contributed by atoms with Gasteiger partial charge < -0.3 is 10.6 Å². The van der Waals surface area contributed by atoms with E-state index < -0.39 is 0 Å². The van der Waals surface area contributed by atoms with E-state index in [1.165, 1.54) is 5.56 Å². The molecule has 24 heavy (non-hydrogen) atoms. The van der Waals surface area contributed by atoms with Crippen molar-refractivity contribution in [3.8, 4) is 0 Å². The van der Waals surface area contributed by atoms with Crippen LogP contribution in [-0.2, 0) is 11.2 Å². The number of anilines is 2. The zero-order chi connectivity index (χ0) is 16.9. The third-order valence-corrected chi connectivity index (χ3v) is 4.19. The molecule has 0 bridgehead atoms. The third kappa shape index (κ3) is 3.57. The van der Waals surface area contributed by atoms with Crippen molar-refractivity contribution in [1.29, 1.82) is 0 Å². The molecule has 0 fully saturated rings. The molecule has 1 unspecified atom stereocenters. The molecule has 3 nitrogen and oxygen atoms in total. The van der Waals surface area contributed by atoms with Crippen molar-refractivity contribution in [1.82, 2.24) is 0 Å². The molecule has 0 aromatic heterocycles.